The van der Waals surface area contributed by atoms with Crippen LogP contribution in [0.2, 0.25) is 0 Å². The third kappa shape index (κ3) is 6.73. The molecular weight excluding hydrogens is 458 g/mol. The SMILES string of the molecule is CC(=O)N[C@H]1CCCN(CC(=O)NC(CCCNC=NN)C(=O)c2nc3ccccc3s2)C1=O. The number of aromatic nitrogens is 1. The van der Waals surface area contributed by atoms with Crippen LogP contribution in [-0.2, 0) is 14.4 Å². The van der Waals surface area contributed by atoms with Gasteiger partial charge in [0.05, 0.1) is 22.8 Å². The summed E-state index contributed by atoms with van der Waals surface area (Å²) in [5, 5.41) is 12.0. The Hall–Kier alpha value is -3.54. The Balaban J connectivity index is 1.67. The van der Waals surface area contributed by atoms with Crippen molar-refractivity contribution in [3.05, 3.63) is 29.3 Å². The summed E-state index contributed by atoms with van der Waals surface area (Å²) in [5.41, 5.74) is 0.727. The van der Waals surface area contributed by atoms with E-state index in [9.17, 15) is 19.2 Å². The second kappa shape index (κ2) is 12.1. The van der Waals surface area contributed by atoms with Crippen LogP contribution in [0.1, 0.15) is 42.4 Å². The highest BCUT2D eigenvalue weighted by Crippen LogP contribution is 2.23. The summed E-state index contributed by atoms with van der Waals surface area (Å²) >= 11 is 1.28. The number of hydrogen-bond acceptors (Lipinski definition) is 8. The molecule has 1 aliphatic rings. The van der Waals surface area contributed by atoms with Crippen molar-refractivity contribution in [1.82, 2.24) is 25.8 Å². The molecule has 182 valence electrons. The predicted octanol–water partition coefficient (Wildman–Crippen LogP) is 0.363. The molecule has 1 unspecified atom stereocenters. The number of fused-ring (bicyclic) bond motifs is 1. The van der Waals surface area contributed by atoms with Gasteiger partial charge in [-0.2, -0.15) is 5.10 Å². The van der Waals surface area contributed by atoms with E-state index in [1.54, 1.807) is 0 Å². The number of para-hydroxylation sites is 1. The minimum absolute atomic E-state index is 0.184. The van der Waals surface area contributed by atoms with Crippen molar-refractivity contribution in [2.45, 2.75) is 44.7 Å². The van der Waals surface area contributed by atoms with E-state index < -0.39 is 18.0 Å². The molecule has 1 fully saturated rings. The first-order valence-corrected chi connectivity index (χ1v) is 11.9. The van der Waals surface area contributed by atoms with Crippen LogP contribution in [0.3, 0.4) is 0 Å². The molecule has 2 heterocycles. The number of nitrogens with two attached hydrogens (primary N) is 1. The molecule has 34 heavy (non-hydrogen) atoms. The normalized spacial score (nSPS) is 17.0. The number of nitrogens with one attached hydrogen (secondary N) is 3. The van der Waals surface area contributed by atoms with Crippen LogP contribution in [0, 0.1) is 0 Å². The summed E-state index contributed by atoms with van der Waals surface area (Å²) in [6.07, 6.45) is 3.51. The number of hydrogen-bond donors (Lipinski definition) is 4. The highest BCUT2D eigenvalue weighted by molar-refractivity contribution is 7.20. The number of nitrogens with zero attached hydrogens (tertiary/aromatic N) is 3. The molecule has 12 heteroatoms. The molecule has 5 N–H and O–H groups in total. The van der Waals surface area contributed by atoms with Crippen LogP contribution in [0.5, 0.6) is 0 Å². The maximum absolute atomic E-state index is 13.2. The van der Waals surface area contributed by atoms with Crippen LogP contribution in [0.25, 0.3) is 10.2 Å². The summed E-state index contributed by atoms with van der Waals surface area (Å²) in [6, 6.07) is 6.03. The van der Waals surface area contributed by atoms with E-state index in [0.717, 1.165) is 10.2 Å². The Morgan fingerprint density at radius 1 is 1.35 bits per heavy atom. The number of hydrazone groups is 1. The Kier molecular flexibility index (Phi) is 8.91. The number of Topliss-reactive ketones (excluding diaryl/α,β-unsaturated/α-hetero) is 1. The zero-order valence-corrected chi connectivity index (χ0v) is 19.8. The summed E-state index contributed by atoms with van der Waals surface area (Å²) in [4.78, 5) is 55.9. The minimum Gasteiger partial charge on any atom is -0.375 e. The molecule has 0 saturated carbocycles. The molecule has 0 radical (unpaired) electrons. The van der Waals surface area contributed by atoms with Crippen molar-refractivity contribution < 1.29 is 19.2 Å². The average molecular weight is 488 g/mol. The molecule has 3 amide bonds. The number of thiazole rings is 1. The number of ketones is 1. The number of amides is 3. The van der Waals surface area contributed by atoms with E-state index >= 15 is 0 Å². The molecular formula is C22H29N7O4S. The highest BCUT2D eigenvalue weighted by Gasteiger charge is 2.31. The predicted molar refractivity (Wildman–Crippen MR) is 129 cm³/mol. The van der Waals surface area contributed by atoms with Gasteiger partial charge < -0.3 is 26.7 Å². The molecule has 1 aromatic heterocycles. The van der Waals surface area contributed by atoms with Gasteiger partial charge in [-0.15, -0.1) is 11.3 Å². The molecule has 11 nitrogen and oxygen atoms in total. The fraction of sp³-hybridized carbons (Fsp3) is 0.455. The van der Waals surface area contributed by atoms with Gasteiger partial charge in [-0.3, -0.25) is 19.2 Å². The molecule has 2 aromatic rings. The molecule has 1 aromatic carbocycles. The Labute approximate surface area is 201 Å². The van der Waals surface area contributed by atoms with Gasteiger partial charge in [0.1, 0.15) is 12.4 Å². The van der Waals surface area contributed by atoms with Gasteiger partial charge in [-0.25, -0.2) is 4.98 Å². The van der Waals surface area contributed by atoms with E-state index in [0.29, 0.717) is 43.8 Å². The first-order chi connectivity index (χ1) is 16.4. The zero-order chi connectivity index (χ0) is 24.5. The lowest BCUT2D eigenvalue weighted by atomic mass is 10.0. The monoisotopic (exact) mass is 487 g/mol. The Morgan fingerprint density at radius 3 is 2.88 bits per heavy atom. The second-order valence-corrected chi connectivity index (χ2v) is 9.03. The molecule has 2 atom stereocenters. The van der Waals surface area contributed by atoms with Gasteiger partial charge in [0, 0.05) is 20.0 Å². The number of rotatable bonds is 11. The lowest BCUT2D eigenvalue weighted by Crippen LogP contribution is -2.55. The number of benzene rings is 1. The van der Waals surface area contributed by atoms with Crippen molar-refractivity contribution in [2.75, 3.05) is 19.6 Å². The third-order valence-electron chi connectivity index (χ3n) is 5.38. The minimum atomic E-state index is -0.796. The summed E-state index contributed by atoms with van der Waals surface area (Å²) in [7, 11) is 0. The molecule has 0 bridgehead atoms. The number of carbonyl (C=O) groups excluding carboxylic acids is 4. The van der Waals surface area contributed by atoms with Gasteiger partial charge in [0.15, 0.2) is 5.01 Å². The summed E-state index contributed by atoms with van der Waals surface area (Å²) < 4.78 is 0.889. The van der Waals surface area contributed by atoms with E-state index in [-0.39, 0.29) is 24.1 Å². The van der Waals surface area contributed by atoms with Gasteiger partial charge in [0.25, 0.3) is 0 Å². The van der Waals surface area contributed by atoms with Crippen LogP contribution < -0.4 is 21.8 Å². The maximum atomic E-state index is 13.2. The number of likely N-dealkylation sites (tertiary alicyclic amines) is 1. The van der Waals surface area contributed by atoms with Crippen molar-refractivity contribution in [2.24, 2.45) is 10.9 Å². The fourth-order valence-electron chi connectivity index (χ4n) is 3.81. The molecule has 1 saturated heterocycles. The van der Waals surface area contributed by atoms with Gasteiger partial charge in [-0.05, 0) is 37.8 Å². The van der Waals surface area contributed by atoms with E-state index in [1.165, 1.54) is 29.5 Å². The van der Waals surface area contributed by atoms with Gasteiger partial charge >= 0.3 is 0 Å². The Morgan fingerprint density at radius 2 is 2.15 bits per heavy atom. The van der Waals surface area contributed by atoms with Crippen molar-refractivity contribution in [3.63, 3.8) is 0 Å². The number of carbonyl (C=O) groups is 4. The first-order valence-electron chi connectivity index (χ1n) is 11.1. The maximum Gasteiger partial charge on any atom is 0.245 e. The largest absolute Gasteiger partial charge is 0.375 e. The second-order valence-electron chi connectivity index (χ2n) is 8.00. The zero-order valence-electron chi connectivity index (χ0n) is 19.0. The van der Waals surface area contributed by atoms with E-state index in [2.05, 4.69) is 26.0 Å². The van der Waals surface area contributed by atoms with Crippen LogP contribution in [-0.4, -0.2) is 71.4 Å². The van der Waals surface area contributed by atoms with Crippen molar-refractivity contribution in [3.8, 4) is 0 Å². The quantitative estimate of drug-likeness (QED) is 0.0889. The van der Waals surface area contributed by atoms with Crippen LogP contribution in [0.4, 0.5) is 0 Å². The van der Waals surface area contributed by atoms with E-state index in [1.807, 2.05) is 24.3 Å². The van der Waals surface area contributed by atoms with Crippen molar-refractivity contribution in [1.29, 1.82) is 0 Å². The molecule has 1 aliphatic heterocycles. The average Bonchev–Trinajstić information content (AvgIpc) is 3.24. The van der Waals surface area contributed by atoms with E-state index in [4.69, 9.17) is 5.84 Å². The molecule has 0 spiro atoms. The lowest BCUT2D eigenvalue weighted by molar-refractivity contribution is -0.141. The van der Waals surface area contributed by atoms with Gasteiger partial charge in [-0.1, -0.05) is 12.1 Å². The standard InChI is InChI=1S/C22H29N7O4S/c1-14(30)26-17-8-5-11-29(22(17)33)12-19(31)27-16(7-4-10-24-13-25-23)20(32)21-28-15-6-2-3-9-18(15)34-21/h2-3,6,9,13,16-17H,4-5,7-8,10-12,23H2,1H3,(H,24,25)(H,26,30)(H,27,31)/t16?,17-/m0/s1. The number of piperidine rings is 1. The van der Waals surface area contributed by atoms with Crippen LogP contribution >= 0.6 is 11.3 Å². The first kappa shape index (κ1) is 25.1. The Bertz CT molecular complexity index is 1040. The summed E-state index contributed by atoms with van der Waals surface area (Å²) in [5.74, 6) is 3.77. The fourth-order valence-corrected chi connectivity index (χ4v) is 4.77. The third-order valence-corrected chi connectivity index (χ3v) is 6.43. The molecule has 0 aliphatic carbocycles. The topological polar surface area (TPSA) is 159 Å². The summed E-state index contributed by atoms with van der Waals surface area (Å²) in [6.45, 7) is 2.10. The molecule has 3 rings (SSSR count). The lowest BCUT2D eigenvalue weighted by Gasteiger charge is -2.32. The van der Waals surface area contributed by atoms with Crippen LogP contribution in [0.15, 0.2) is 29.4 Å². The van der Waals surface area contributed by atoms with Gasteiger partial charge in [0.2, 0.25) is 23.5 Å². The van der Waals surface area contributed by atoms with Crippen molar-refractivity contribution >= 4 is 51.4 Å². The smallest absolute Gasteiger partial charge is 0.245 e. The highest BCUT2D eigenvalue weighted by atomic mass is 32.1.